The lowest BCUT2D eigenvalue weighted by Crippen LogP contribution is -2.23. The van der Waals surface area contributed by atoms with Crippen LogP contribution >= 0.6 is 0 Å². The van der Waals surface area contributed by atoms with E-state index in [4.69, 9.17) is 0 Å². The number of aromatic nitrogens is 6. The highest BCUT2D eigenvalue weighted by atomic mass is 16.2. The quantitative estimate of drug-likeness (QED) is 0.165. The van der Waals surface area contributed by atoms with Crippen molar-refractivity contribution in [2.24, 2.45) is 21.1 Å². The largest absolute Gasteiger partial charge is 0.322 e. The number of aryl methyl sites for hydroxylation is 3. The SMILES string of the molecule is C[n+]1ccn(-c2ccc(CC(=O)c3cc(C(=O)Nc4ccc(-n5cc[n+](C)c5)cc4)cc(C(=O)Nc4ccc(-n5cc[n+](C)c5)cc4)c3)cc2)c1. The van der Waals surface area contributed by atoms with Gasteiger partial charge >= 0.3 is 0 Å². The van der Waals surface area contributed by atoms with Gasteiger partial charge in [0.25, 0.3) is 11.8 Å². The Morgan fingerprint density at radius 1 is 0.510 bits per heavy atom. The van der Waals surface area contributed by atoms with E-state index < -0.39 is 11.8 Å². The Bertz CT molecular complexity index is 2090. The van der Waals surface area contributed by atoms with Crippen molar-refractivity contribution < 1.29 is 28.1 Å². The highest BCUT2D eigenvalue weighted by Crippen LogP contribution is 2.20. The number of rotatable bonds is 10. The molecule has 0 aliphatic rings. The Kier molecular flexibility index (Phi) is 8.92. The molecule has 0 bridgehead atoms. The minimum absolute atomic E-state index is 0.100. The Balaban J connectivity index is 1.13. The van der Waals surface area contributed by atoms with E-state index >= 15 is 0 Å². The number of hydrogen-bond acceptors (Lipinski definition) is 3. The van der Waals surface area contributed by atoms with Gasteiger partial charge in [-0.15, -0.1) is 0 Å². The summed E-state index contributed by atoms with van der Waals surface area (Å²) in [4.78, 5) is 40.9. The molecular weight excluding hydrogens is 640 g/mol. The Morgan fingerprint density at radius 2 is 0.863 bits per heavy atom. The van der Waals surface area contributed by atoms with E-state index in [0.717, 1.165) is 22.6 Å². The second kappa shape index (κ2) is 13.9. The van der Waals surface area contributed by atoms with Crippen molar-refractivity contribution in [3.05, 3.63) is 169 Å². The fourth-order valence-electron chi connectivity index (χ4n) is 5.77. The summed E-state index contributed by atoms with van der Waals surface area (Å²) in [6.07, 6.45) is 17.6. The van der Waals surface area contributed by atoms with Gasteiger partial charge in [-0.1, -0.05) is 12.1 Å². The van der Waals surface area contributed by atoms with Crippen LogP contribution in [-0.2, 0) is 27.6 Å². The molecule has 0 atom stereocenters. The van der Waals surface area contributed by atoms with Gasteiger partial charge in [-0.3, -0.25) is 14.4 Å². The van der Waals surface area contributed by atoms with E-state index in [1.165, 1.54) is 6.07 Å². The molecule has 7 aromatic rings. The molecule has 0 aliphatic heterocycles. The first-order valence-corrected chi connectivity index (χ1v) is 16.4. The van der Waals surface area contributed by atoms with Crippen molar-refractivity contribution in [2.75, 3.05) is 10.6 Å². The third-order valence-electron chi connectivity index (χ3n) is 8.53. The normalized spacial score (nSPS) is 11.0. The van der Waals surface area contributed by atoms with Gasteiger partial charge in [0, 0.05) is 34.5 Å². The molecule has 252 valence electrons. The van der Waals surface area contributed by atoms with Gasteiger partial charge < -0.3 is 10.6 Å². The van der Waals surface area contributed by atoms with Crippen LogP contribution in [0.2, 0.25) is 0 Å². The van der Waals surface area contributed by atoms with E-state index in [1.807, 2.05) is 178 Å². The Morgan fingerprint density at radius 3 is 1.22 bits per heavy atom. The van der Waals surface area contributed by atoms with Crippen molar-refractivity contribution in [1.29, 1.82) is 0 Å². The molecular formula is C40H37N8O3+3. The van der Waals surface area contributed by atoms with Crippen LogP contribution in [0.25, 0.3) is 17.1 Å². The monoisotopic (exact) mass is 677 g/mol. The van der Waals surface area contributed by atoms with Crippen LogP contribution in [0.5, 0.6) is 0 Å². The minimum atomic E-state index is -0.438. The zero-order chi connectivity index (χ0) is 35.5. The summed E-state index contributed by atoms with van der Waals surface area (Å²) in [5, 5.41) is 5.83. The summed E-state index contributed by atoms with van der Waals surface area (Å²) in [6, 6.07) is 27.2. The molecule has 0 aliphatic carbocycles. The molecule has 0 saturated heterocycles. The predicted octanol–water partition coefficient (Wildman–Crippen LogP) is 4.46. The van der Waals surface area contributed by atoms with Crippen molar-refractivity contribution in [3.8, 4) is 17.1 Å². The fourth-order valence-corrected chi connectivity index (χ4v) is 5.77. The smallest absolute Gasteiger partial charge is 0.255 e. The van der Waals surface area contributed by atoms with E-state index in [-0.39, 0.29) is 28.9 Å². The second-order valence-electron chi connectivity index (χ2n) is 12.5. The fraction of sp³-hybridized carbons (Fsp3) is 0.100. The predicted molar refractivity (Wildman–Crippen MR) is 191 cm³/mol. The summed E-state index contributed by atoms with van der Waals surface area (Å²) in [6.45, 7) is 0. The zero-order valence-electron chi connectivity index (χ0n) is 28.5. The van der Waals surface area contributed by atoms with Crippen LogP contribution in [0, 0.1) is 0 Å². The molecule has 2 amide bonds. The number of hydrogen-bond donors (Lipinski definition) is 2. The molecule has 0 fully saturated rings. The first-order valence-electron chi connectivity index (χ1n) is 16.4. The molecule has 0 saturated carbocycles. The van der Waals surface area contributed by atoms with E-state index in [0.29, 0.717) is 11.4 Å². The molecule has 4 aromatic carbocycles. The molecule has 51 heavy (non-hydrogen) atoms. The van der Waals surface area contributed by atoms with Gasteiger partial charge in [0.15, 0.2) is 5.78 Å². The highest BCUT2D eigenvalue weighted by molar-refractivity contribution is 6.11. The van der Waals surface area contributed by atoms with Crippen molar-refractivity contribution >= 4 is 29.0 Å². The average Bonchev–Trinajstić information content (AvgIpc) is 3.90. The number of amides is 2. The maximum Gasteiger partial charge on any atom is 0.255 e. The number of nitrogens with zero attached hydrogens (tertiary/aromatic N) is 6. The average molecular weight is 678 g/mol. The number of ketones is 1. The maximum atomic E-state index is 13.7. The summed E-state index contributed by atoms with van der Waals surface area (Å²) in [5.41, 5.74) is 5.46. The van der Waals surface area contributed by atoms with Crippen molar-refractivity contribution in [3.63, 3.8) is 0 Å². The van der Waals surface area contributed by atoms with E-state index in [9.17, 15) is 14.4 Å². The standard InChI is InChI=1S/C40H35N8O3/c1-43-16-19-46(26-43)35-10-4-29(5-11-35)22-38(49)30-23-31(39(50)41-33-6-12-36(13-7-33)47-20-17-44(2)27-47)25-32(24-30)40(51)42-34-8-14-37(15-9-34)48-21-18-45(3)28-48/h4-21,23-28H,22H2,1-3H3/q+1/p+2. The minimum Gasteiger partial charge on any atom is -0.322 e. The van der Waals surface area contributed by atoms with Gasteiger partial charge in [-0.25, -0.2) is 27.4 Å². The number of Topliss-reactive ketones (excluding diaryl/α,β-unsaturated/α-hetero) is 1. The summed E-state index contributed by atoms with van der Waals surface area (Å²) < 4.78 is 11.7. The zero-order valence-corrected chi connectivity index (χ0v) is 28.5. The third kappa shape index (κ3) is 7.57. The molecule has 0 spiro atoms. The Labute approximate surface area is 294 Å². The van der Waals surface area contributed by atoms with Gasteiger partial charge in [0.05, 0.1) is 21.1 Å². The number of carbonyl (C=O) groups is 3. The maximum absolute atomic E-state index is 13.7. The van der Waals surface area contributed by atoms with Crippen LogP contribution in [0.3, 0.4) is 0 Å². The third-order valence-corrected chi connectivity index (χ3v) is 8.53. The first-order chi connectivity index (χ1) is 24.7. The molecule has 3 heterocycles. The van der Waals surface area contributed by atoms with E-state index in [2.05, 4.69) is 10.6 Å². The molecule has 7 rings (SSSR count). The first kappa shape index (κ1) is 32.7. The molecule has 0 unspecified atom stereocenters. The van der Waals surface area contributed by atoms with Gasteiger partial charge in [-0.2, -0.15) is 0 Å². The van der Waals surface area contributed by atoms with E-state index in [1.54, 1.807) is 12.1 Å². The van der Waals surface area contributed by atoms with Gasteiger partial charge in [-0.05, 0) is 84.4 Å². The molecule has 11 heteroatoms. The topological polar surface area (TPSA) is 102 Å². The summed E-state index contributed by atoms with van der Waals surface area (Å²) >= 11 is 0. The summed E-state index contributed by atoms with van der Waals surface area (Å²) in [7, 11) is 5.84. The number of benzene rings is 4. The van der Waals surface area contributed by atoms with Crippen LogP contribution < -0.4 is 24.3 Å². The van der Waals surface area contributed by atoms with Crippen LogP contribution in [0.4, 0.5) is 11.4 Å². The van der Waals surface area contributed by atoms with Crippen LogP contribution in [0.15, 0.2) is 147 Å². The highest BCUT2D eigenvalue weighted by Gasteiger charge is 2.18. The van der Waals surface area contributed by atoms with Crippen LogP contribution in [0.1, 0.15) is 36.6 Å². The van der Waals surface area contributed by atoms with Crippen molar-refractivity contribution in [1.82, 2.24) is 13.7 Å². The van der Waals surface area contributed by atoms with Crippen molar-refractivity contribution in [2.45, 2.75) is 6.42 Å². The van der Waals surface area contributed by atoms with Gasteiger partial charge in [0.1, 0.15) is 54.2 Å². The summed E-state index contributed by atoms with van der Waals surface area (Å²) in [5.74, 6) is -1.09. The lowest BCUT2D eigenvalue weighted by Gasteiger charge is -2.11. The molecule has 11 nitrogen and oxygen atoms in total. The molecule has 0 radical (unpaired) electrons. The molecule has 2 N–H and O–H groups in total. The number of imidazole rings is 3. The lowest BCUT2D eigenvalue weighted by atomic mass is 9.97. The number of nitrogens with one attached hydrogen (secondary N) is 2. The molecule has 3 aromatic heterocycles. The number of anilines is 2. The van der Waals surface area contributed by atoms with Gasteiger partial charge in [0.2, 0.25) is 19.0 Å². The number of carbonyl (C=O) groups excluding carboxylic acids is 3. The lowest BCUT2D eigenvalue weighted by molar-refractivity contribution is -0.670. The second-order valence-corrected chi connectivity index (χ2v) is 12.5. The van der Waals surface area contributed by atoms with Crippen LogP contribution in [-0.4, -0.2) is 31.3 Å². The Hall–Kier alpha value is -6.88.